The number of amides is 1. The number of methoxy groups -OCH3 is 2. The van der Waals surface area contributed by atoms with Crippen LogP contribution in [0.1, 0.15) is 51.1 Å². The van der Waals surface area contributed by atoms with E-state index < -0.39 is 0 Å². The smallest absolute Gasteiger partial charge is 0.263 e. The Morgan fingerprint density at radius 2 is 1.66 bits per heavy atom. The Kier molecular flexibility index (Phi) is 7.96. The van der Waals surface area contributed by atoms with Crippen molar-refractivity contribution in [2.45, 2.75) is 32.6 Å². The van der Waals surface area contributed by atoms with Gasteiger partial charge in [0.2, 0.25) is 0 Å². The number of likely N-dealkylation sites (tertiary alicyclic amines) is 2. The molecule has 9 heteroatoms. The maximum Gasteiger partial charge on any atom is 0.263 e. The molecule has 2 aliphatic heterocycles. The number of thiocarbonyl (C=S) groups is 1. The number of nitrogens with one attached hydrogen (secondary N) is 1. The molecule has 2 aliphatic rings. The predicted octanol–water partition coefficient (Wildman–Crippen LogP) is 4.01. The summed E-state index contributed by atoms with van der Waals surface area (Å²) in [5.41, 5.74) is 1.38. The number of thiophene rings is 1. The van der Waals surface area contributed by atoms with E-state index in [1.165, 1.54) is 18.3 Å². The van der Waals surface area contributed by atoms with Crippen LogP contribution in [-0.4, -0.2) is 73.5 Å². The number of rotatable bonds is 7. The minimum absolute atomic E-state index is 0.00555. The van der Waals surface area contributed by atoms with Crippen LogP contribution in [0.15, 0.2) is 30.3 Å². The molecule has 188 valence electrons. The van der Waals surface area contributed by atoms with Crippen LogP contribution >= 0.6 is 23.6 Å². The molecule has 0 radical (unpaired) electrons. The molecule has 1 spiro atoms. The van der Waals surface area contributed by atoms with Gasteiger partial charge in [-0.3, -0.25) is 9.59 Å². The zero-order chi connectivity index (χ0) is 25.0. The van der Waals surface area contributed by atoms with Crippen molar-refractivity contribution in [3.05, 3.63) is 45.6 Å². The first-order valence-corrected chi connectivity index (χ1v) is 13.2. The van der Waals surface area contributed by atoms with Crippen LogP contribution in [0.25, 0.3) is 0 Å². The van der Waals surface area contributed by atoms with Crippen LogP contribution in [0.2, 0.25) is 0 Å². The van der Waals surface area contributed by atoms with Crippen molar-refractivity contribution in [2.75, 3.05) is 46.9 Å². The van der Waals surface area contributed by atoms with Gasteiger partial charge in [-0.25, -0.2) is 0 Å². The highest BCUT2D eigenvalue weighted by atomic mass is 32.1. The first-order valence-electron chi connectivity index (χ1n) is 12.0. The van der Waals surface area contributed by atoms with Crippen LogP contribution < -0.4 is 14.8 Å². The molecule has 1 aromatic carbocycles. The van der Waals surface area contributed by atoms with Gasteiger partial charge in [0, 0.05) is 32.7 Å². The molecule has 4 rings (SSSR count). The van der Waals surface area contributed by atoms with Crippen molar-refractivity contribution < 1.29 is 19.1 Å². The monoisotopic (exact) mass is 515 g/mol. The number of Topliss-reactive ketones (excluding diaryl/α,β-unsaturated/α-hetero) is 1. The Hall–Kier alpha value is -2.65. The molecule has 2 aromatic rings. The van der Waals surface area contributed by atoms with Crippen molar-refractivity contribution in [3.63, 3.8) is 0 Å². The number of ether oxygens (including phenoxy) is 2. The number of ketones is 1. The van der Waals surface area contributed by atoms with Crippen molar-refractivity contribution in [3.8, 4) is 11.5 Å². The lowest BCUT2D eigenvalue weighted by Gasteiger charge is -2.39. The summed E-state index contributed by atoms with van der Waals surface area (Å²) in [6.45, 7) is 5.67. The quantitative estimate of drug-likeness (QED) is 0.441. The van der Waals surface area contributed by atoms with Gasteiger partial charge in [0.15, 0.2) is 22.4 Å². The molecule has 2 saturated heterocycles. The Morgan fingerprint density at radius 3 is 2.29 bits per heavy atom. The van der Waals surface area contributed by atoms with E-state index in [1.54, 1.807) is 26.4 Å². The lowest BCUT2D eigenvalue weighted by Crippen LogP contribution is -2.45. The largest absolute Gasteiger partial charge is 0.493 e. The van der Waals surface area contributed by atoms with Gasteiger partial charge >= 0.3 is 0 Å². The molecule has 35 heavy (non-hydrogen) atoms. The highest BCUT2D eigenvalue weighted by Gasteiger charge is 2.42. The van der Waals surface area contributed by atoms with Crippen molar-refractivity contribution in [2.24, 2.45) is 5.41 Å². The molecule has 1 N–H and O–H groups in total. The number of hydrogen-bond acceptors (Lipinski definition) is 6. The van der Waals surface area contributed by atoms with Crippen LogP contribution in [0.3, 0.4) is 0 Å². The highest BCUT2D eigenvalue weighted by Crippen LogP contribution is 2.41. The molecule has 0 atom stereocenters. The molecule has 0 bridgehead atoms. The molecule has 0 unspecified atom stereocenters. The number of piperidine rings is 1. The fourth-order valence-electron chi connectivity index (χ4n) is 4.96. The van der Waals surface area contributed by atoms with E-state index in [2.05, 4.69) is 10.2 Å². The minimum Gasteiger partial charge on any atom is -0.493 e. The van der Waals surface area contributed by atoms with Gasteiger partial charge in [-0.1, -0.05) is 6.07 Å². The molecule has 3 heterocycles. The van der Waals surface area contributed by atoms with Gasteiger partial charge in [-0.2, -0.15) is 0 Å². The van der Waals surface area contributed by atoms with Crippen LogP contribution in [0.4, 0.5) is 0 Å². The molecule has 1 aromatic heterocycles. The maximum atomic E-state index is 12.9. The molecule has 1 amide bonds. The summed E-state index contributed by atoms with van der Waals surface area (Å²) in [6, 6.07) is 9.50. The second-order valence-corrected chi connectivity index (χ2v) is 10.8. The van der Waals surface area contributed by atoms with E-state index >= 15 is 0 Å². The third-order valence-electron chi connectivity index (χ3n) is 7.14. The summed E-state index contributed by atoms with van der Waals surface area (Å²) in [5, 5.41) is 4.22. The summed E-state index contributed by atoms with van der Waals surface area (Å²) in [7, 11) is 3.28. The molecule has 7 nitrogen and oxygen atoms in total. The van der Waals surface area contributed by atoms with E-state index in [-0.39, 0.29) is 17.1 Å². The number of nitrogens with zero attached hydrogens (tertiary/aromatic N) is 2. The van der Waals surface area contributed by atoms with Crippen molar-refractivity contribution >= 4 is 40.4 Å². The fraction of sp³-hybridized carbons (Fsp3) is 0.500. The first kappa shape index (κ1) is 25.4. The number of carbonyl (C=O) groups excluding carboxylic acids is 2. The zero-order valence-electron chi connectivity index (χ0n) is 20.6. The van der Waals surface area contributed by atoms with Gasteiger partial charge in [0.05, 0.1) is 24.0 Å². The predicted molar refractivity (Wildman–Crippen MR) is 142 cm³/mol. The van der Waals surface area contributed by atoms with Crippen LogP contribution in [0.5, 0.6) is 11.5 Å². The number of hydrogen-bond donors (Lipinski definition) is 1. The van der Waals surface area contributed by atoms with E-state index in [9.17, 15) is 9.59 Å². The third kappa shape index (κ3) is 5.78. The molecular weight excluding hydrogens is 482 g/mol. The summed E-state index contributed by atoms with van der Waals surface area (Å²) in [6.07, 6.45) is 3.90. The SMILES string of the molecule is COc1ccc(CCNC(=S)N2CCC3(CCN(C(=O)c4ccc(C(C)=O)s4)CC3)C2)cc1OC. The van der Waals surface area contributed by atoms with E-state index in [1.807, 2.05) is 23.1 Å². The summed E-state index contributed by atoms with van der Waals surface area (Å²) >= 11 is 6.99. The summed E-state index contributed by atoms with van der Waals surface area (Å²) in [4.78, 5) is 30.0. The minimum atomic E-state index is 0.00555. The second-order valence-electron chi connectivity index (χ2n) is 9.36. The maximum absolute atomic E-state index is 12.9. The third-order valence-corrected chi connectivity index (χ3v) is 8.72. The Morgan fingerprint density at radius 1 is 1.00 bits per heavy atom. The Balaban J connectivity index is 1.24. The lowest BCUT2D eigenvalue weighted by molar-refractivity contribution is 0.0603. The summed E-state index contributed by atoms with van der Waals surface area (Å²) < 4.78 is 10.7. The van der Waals surface area contributed by atoms with Gasteiger partial charge < -0.3 is 24.6 Å². The lowest BCUT2D eigenvalue weighted by atomic mass is 9.78. The van der Waals surface area contributed by atoms with Gasteiger partial charge in [0.25, 0.3) is 5.91 Å². The van der Waals surface area contributed by atoms with Crippen molar-refractivity contribution in [1.29, 1.82) is 0 Å². The second kappa shape index (κ2) is 11.0. The normalized spacial score (nSPS) is 16.9. The highest BCUT2D eigenvalue weighted by molar-refractivity contribution is 7.80. The Bertz CT molecular complexity index is 1090. The first-order chi connectivity index (χ1) is 16.8. The number of benzene rings is 1. The number of carbonyl (C=O) groups is 2. The van der Waals surface area contributed by atoms with Crippen LogP contribution in [-0.2, 0) is 6.42 Å². The van der Waals surface area contributed by atoms with Gasteiger partial charge in [-0.15, -0.1) is 11.3 Å². The standard InChI is InChI=1S/C26H33N3O4S2/c1-18(30)22-6-7-23(35-22)24(31)28-13-9-26(10-14-28)11-15-29(17-26)25(34)27-12-8-19-4-5-20(32-2)21(16-19)33-3/h4-7,16H,8-15,17H2,1-3H3,(H,27,34). The molecule has 2 fully saturated rings. The van der Waals surface area contributed by atoms with Crippen molar-refractivity contribution in [1.82, 2.24) is 15.1 Å². The molecule has 0 aliphatic carbocycles. The van der Waals surface area contributed by atoms with Crippen LogP contribution in [0, 0.1) is 5.41 Å². The molecule has 0 saturated carbocycles. The van der Waals surface area contributed by atoms with E-state index in [0.717, 1.165) is 80.6 Å². The van der Waals surface area contributed by atoms with Gasteiger partial charge in [0.1, 0.15) is 0 Å². The zero-order valence-corrected chi connectivity index (χ0v) is 22.2. The fourth-order valence-corrected chi connectivity index (χ4v) is 6.09. The average molecular weight is 516 g/mol. The topological polar surface area (TPSA) is 71.1 Å². The average Bonchev–Trinajstić information content (AvgIpc) is 3.52. The summed E-state index contributed by atoms with van der Waals surface area (Å²) in [5.74, 6) is 1.51. The van der Waals surface area contributed by atoms with E-state index in [4.69, 9.17) is 21.7 Å². The molecular formula is C26H33N3O4S2. The van der Waals surface area contributed by atoms with Gasteiger partial charge in [-0.05, 0) is 80.1 Å². The Labute approximate surface area is 216 Å². The van der Waals surface area contributed by atoms with E-state index in [0.29, 0.717) is 9.75 Å².